The Morgan fingerprint density at radius 2 is 1.91 bits per heavy atom. The Kier molecular flexibility index (Phi) is 8.64. The van der Waals surface area contributed by atoms with Crippen molar-refractivity contribution in [2.45, 2.75) is 45.5 Å². The zero-order valence-corrected chi connectivity index (χ0v) is 24.0. The summed E-state index contributed by atoms with van der Waals surface area (Å²) in [4.78, 5) is 23.7. The summed E-state index contributed by atoms with van der Waals surface area (Å²) < 4.78 is 43.0. The number of aliphatic hydroxyl groups is 1. The number of aryl methyl sites for hydroxylation is 2. The van der Waals surface area contributed by atoms with Gasteiger partial charge in [0.05, 0.1) is 17.9 Å². The van der Waals surface area contributed by atoms with Gasteiger partial charge in [0.25, 0.3) is 5.91 Å². The maximum absolute atomic E-state index is 13.8. The standard InChI is InChI=1S/C30H33F3N8O2/c1-18-6-7-23(13-25(18)38-28-9-19(2)39-41(28)27-14-26(34-3)35-17-36-27)37-29(43)21-10-20(11-22(12-21)30(31,32)33)15-40-8-4-5-24(40)16-42/h6-7,9-14,17,24,38,42H,4-5,8,15-16H2,1-3H3,(H,37,43)(H,34,35,36)/t24-/m0/s1. The molecule has 226 valence electrons. The van der Waals surface area contributed by atoms with Crippen molar-refractivity contribution in [2.75, 3.05) is 36.1 Å². The molecule has 4 aromatic rings. The number of hydrogen-bond acceptors (Lipinski definition) is 8. The molecule has 2 aromatic carbocycles. The molecule has 4 N–H and O–H groups in total. The Morgan fingerprint density at radius 1 is 1.09 bits per heavy atom. The highest BCUT2D eigenvalue weighted by atomic mass is 19.4. The Labute approximate surface area is 247 Å². The number of likely N-dealkylation sites (tertiary alicyclic amines) is 1. The summed E-state index contributed by atoms with van der Waals surface area (Å²) in [6.07, 6.45) is -1.55. The summed E-state index contributed by atoms with van der Waals surface area (Å²) in [5.74, 6) is 1.12. The van der Waals surface area contributed by atoms with E-state index in [1.165, 1.54) is 12.4 Å². The number of halogens is 3. The van der Waals surface area contributed by atoms with Gasteiger partial charge in [0.2, 0.25) is 0 Å². The number of aromatic nitrogens is 4. The lowest BCUT2D eigenvalue weighted by Gasteiger charge is -2.23. The fraction of sp³-hybridized carbons (Fsp3) is 0.333. The molecule has 2 aromatic heterocycles. The van der Waals surface area contributed by atoms with Crippen LogP contribution >= 0.6 is 0 Å². The zero-order valence-electron chi connectivity index (χ0n) is 24.0. The molecule has 0 aliphatic carbocycles. The molecule has 0 radical (unpaired) electrons. The Bertz CT molecular complexity index is 1620. The van der Waals surface area contributed by atoms with E-state index in [0.29, 0.717) is 40.9 Å². The fourth-order valence-electron chi connectivity index (χ4n) is 5.16. The summed E-state index contributed by atoms with van der Waals surface area (Å²) in [6.45, 7) is 4.56. The lowest BCUT2D eigenvalue weighted by Crippen LogP contribution is -2.31. The molecule has 1 saturated heterocycles. The minimum absolute atomic E-state index is 0.0630. The normalized spacial score (nSPS) is 15.5. The van der Waals surface area contributed by atoms with E-state index in [2.05, 4.69) is 31.0 Å². The van der Waals surface area contributed by atoms with E-state index < -0.39 is 17.6 Å². The molecule has 1 amide bonds. The van der Waals surface area contributed by atoms with E-state index in [9.17, 15) is 23.1 Å². The lowest BCUT2D eigenvalue weighted by atomic mass is 10.0. The van der Waals surface area contributed by atoms with Crippen LogP contribution in [0.1, 0.15) is 45.6 Å². The van der Waals surface area contributed by atoms with Crippen LogP contribution in [0.25, 0.3) is 5.82 Å². The van der Waals surface area contributed by atoms with Gasteiger partial charge >= 0.3 is 6.18 Å². The number of nitrogens with zero attached hydrogens (tertiary/aromatic N) is 5. The van der Waals surface area contributed by atoms with Crippen molar-refractivity contribution in [1.29, 1.82) is 0 Å². The predicted octanol–water partition coefficient (Wildman–Crippen LogP) is 5.29. The van der Waals surface area contributed by atoms with Crippen LogP contribution in [-0.2, 0) is 12.7 Å². The van der Waals surface area contributed by atoms with Gasteiger partial charge in [-0.15, -0.1) is 0 Å². The molecule has 5 rings (SSSR count). The van der Waals surface area contributed by atoms with Crippen molar-refractivity contribution in [3.8, 4) is 5.82 Å². The van der Waals surface area contributed by atoms with Crippen LogP contribution in [0.5, 0.6) is 0 Å². The van der Waals surface area contributed by atoms with E-state index in [4.69, 9.17) is 0 Å². The summed E-state index contributed by atoms with van der Waals surface area (Å²) in [5.41, 5.74) is 2.05. The number of nitrogens with one attached hydrogen (secondary N) is 3. The molecule has 10 nitrogen and oxygen atoms in total. The first-order chi connectivity index (χ1) is 20.5. The van der Waals surface area contributed by atoms with Crippen molar-refractivity contribution in [3.63, 3.8) is 0 Å². The third-order valence-corrected chi connectivity index (χ3v) is 7.39. The number of anilines is 4. The summed E-state index contributed by atoms with van der Waals surface area (Å²) >= 11 is 0. The van der Waals surface area contributed by atoms with Crippen LogP contribution in [0.2, 0.25) is 0 Å². The van der Waals surface area contributed by atoms with Crippen molar-refractivity contribution < 1.29 is 23.1 Å². The first-order valence-electron chi connectivity index (χ1n) is 13.9. The van der Waals surface area contributed by atoms with Crippen molar-refractivity contribution in [2.24, 2.45) is 0 Å². The minimum Gasteiger partial charge on any atom is -0.395 e. The Hall–Kier alpha value is -4.49. The molecule has 1 aliphatic heterocycles. The second kappa shape index (κ2) is 12.4. The summed E-state index contributed by atoms with van der Waals surface area (Å²) in [6, 6.07) is 12.1. The SMILES string of the molecule is CNc1cc(-n2nc(C)cc2Nc2cc(NC(=O)c3cc(CN4CCC[C@H]4CO)cc(C(F)(F)F)c3)ccc2C)ncn1. The Morgan fingerprint density at radius 3 is 2.65 bits per heavy atom. The smallest absolute Gasteiger partial charge is 0.395 e. The van der Waals surface area contributed by atoms with E-state index >= 15 is 0 Å². The highest BCUT2D eigenvalue weighted by Gasteiger charge is 2.32. The second-order valence-corrected chi connectivity index (χ2v) is 10.6. The molecule has 0 unspecified atom stereocenters. The number of alkyl halides is 3. The number of hydrogen-bond donors (Lipinski definition) is 4. The zero-order chi connectivity index (χ0) is 30.7. The quantitative estimate of drug-likeness (QED) is 0.206. The van der Waals surface area contributed by atoms with E-state index in [-0.39, 0.29) is 24.8 Å². The van der Waals surface area contributed by atoms with E-state index in [1.807, 2.05) is 24.8 Å². The van der Waals surface area contributed by atoms with Crippen LogP contribution in [-0.4, -0.2) is 61.9 Å². The van der Waals surface area contributed by atoms with Gasteiger partial charge in [-0.1, -0.05) is 6.07 Å². The van der Waals surface area contributed by atoms with Gasteiger partial charge in [0.15, 0.2) is 5.82 Å². The van der Waals surface area contributed by atoms with Gasteiger partial charge in [-0.2, -0.15) is 23.0 Å². The van der Waals surface area contributed by atoms with Crippen LogP contribution in [0.3, 0.4) is 0 Å². The molecule has 1 atom stereocenters. The highest BCUT2D eigenvalue weighted by molar-refractivity contribution is 6.04. The number of amides is 1. The van der Waals surface area contributed by atoms with Crippen molar-refractivity contribution in [3.05, 3.63) is 82.8 Å². The molecule has 1 aliphatic rings. The van der Waals surface area contributed by atoms with Crippen LogP contribution in [0.4, 0.5) is 36.2 Å². The first kappa shape index (κ1) is 30.0. The van der Waals surface area contributed by atoms with Gasteiger partial charge in [0, 0.05) is 48.7 Å². The second-order valence-electron chi connectivity index (χ2n) is 10.6. The predicted molar refractivity (Wildman–Crippen MR) is 158 cm³/mol. The average molecular weight is 595 g/mol. The van der Waals surface area contributed by atoms with E-state index in [1.54, 1.807) is 36.0 Å². The lowest BCUT2D eigenvalue weighted by molar-refractivity contribution is -0.137. The number of aliphatic hydroxyl groups excluding tert-OH is 1. The van der Waals surface area contributed by atoms with Crippen LogP contribution < -0.4 is 16.0 Å². The van der Waals surface area contributed by atoms with Crippen molar-refractivity contribution in [1.82, 2.24) is 24.6 Å². The third-order valence-electron chi connectivity index (χ3n) is 7.39. The molecule has 0 bridgehead atoms. The molecular weight excluding hydrogens is 561 g/mol. The topological polar surface area (TPSA) is 120 Å². The number of rotatable bonds is 9. The average Bonchev–Trinajstić information content (AvgIpc) is 3.59. The Balaban J connectivity index is 1.39. The summed E-state index contributed by atoms with van der Waals surface area (Å²) in [7, 11) is 1.75. The molecule has 0 spiro atoms. The minimum atomic E-state index is -4.62. The van der Waals surface area contributed by atoms with Crippen molar-refractivity contribution >= 4 is 28.9 Å². The van der Waals surface area contributed by atoms with Crippen LogP contribution in [0, 0.1) is 13.8 Å². The largest absolute Gasteiger partial charge is 0.416 e. The van der Waals surface area contributed by atoms with Crippen LogP contribution in [0.15, 0.2) is 54.9 Å². The monoisotopic (exact) mass is 594 g/mol. The van der Waals surface area contributed by atoms with Gasteiger partial charge in [-0.3, -0.25) is 9.69 Å². The molecule has 1 fully saturated rings. The van der Waals surface area contributed by atoms with Gasteiger partial charge in [-0.05, 0) is 74.7 Å². The summed E-state index contributed by atoms with van der Waals surface area (Å²) in [5, 5.41) is 23.2. The molecule has 3 heterocycles. The van der Waals surface area contributed by atoms with Gasteiger partial charge in [0.1, 0.15) is 18.0 Å². The van der Waals surface area contributed by atoms with Gasteiger partial charge in [-0.25, -0.2) is 9.97 Å². The number of carbonyl (C=O) groups excluding carboxylic acids is 1. The first-order valence-corrected chi connectivity index (χ1v) is 13.9. The maximum atomic E-state index is 13.8. The maximum Gasteiger partial charge on any atom is 0.416 e. The van der Waals surface area contributed by atoms with Gasteiger partial charge < -0.3 is 21.1 Å². The fourth-order valence-corrected chi connectivity index (χ4v) is 5.16. The highest BCUT2D eigenvalue weighted by Crippen LogP contribution is 2.32. The number of benzene rings is 2. The third kappa shape index (κ3) is 6.95. The number of carbonyl (C=O) groups is 1. The van der Waals surface area contributed by atoms with E-state index in [0.717, 1.165) is 36.2 Å². The molecular formula is C30H33F3N8O2. The molecule has 0 saturated carbocycles. The molecule has 43 heavy (non-hydrogen) atoms. The molecule has 13 heteroatoms.